The number of hydrogen-bond acceptors (Lipinski definition) is 3. The first-order valence-electron chi connectivity index (χ1n) is 8.80. The summed E-state index contributed by atoms with van der Waals surface area (Å²) < 4.78 is 7.68. The van der Waals surface area contributed by atoms with E-state index in [1.807, 2.05) is 66.2 Å². The molecule has 4 rings (SSSR count). The number of carbonyl (C=O) groups excluding carboxylic acids is 1. The number of nitrogens with one attached hydrogen (secondary N) is 1. The molecule has 0 unspecified atom stereocenters. The van der Waals surface area contributed by atoms with Gasteiger partial charge in [0.15, 0.2) is 0 Å². The average molecular weight is 347 g/mol. The molecule has 1 aliphatic rings. The molecule has 1 aromatic heterocycles. The SMILES string of the molecule is C[C@H](NC(=O)[C@H]1COc2ccccc2C1)c1ccc(-n2ccnc2)cc1. The molecule has 0 radical (unpaired) electrons. The zero-order chi connectivity index (χ0) is 17.9. The number of aromatic nitrogens is 2. The number of ether oxygens (including phenoxy) is 1. The Labute approximate surface area is 152 Å². The lowest BCUT2D eigenvalue weighted by molar-refractivity contribution is -0.126. The summed E-state index contributed by atoms with van der Waals surface area (Å²) in [4.78, 5) is 16.7. The van der Waals surface area contributed by atoms with Gasteiger partial charge in [-0.2, -0.15) is 0 Å². The van der Waals surface area contributed by atoms with Crippen LogP contribution in [0, 0.1) is 5.92 Å². The zero-order valence-corrected chi connectivity index (χ0v) is 14.6. The number of imidazole rings is 1. The van der Waals surface area contributed by atoms with Crippen LogP contribution in [-0.2, 0) is 11.2 Å². The first-order chi connectivity index (χ1) is 12.7. The van der Waals surface area contributed by atoms with Crippen LogP contribution in [0.5, 0.6) is 5.75 Å². The summed E-state index contributed by atoms with van der Waals surface area (Å²) in [5.41, 5.74) is 3.21. The number of rotatable bonds is 4. The van der Waals surface area contributed by atoms with Gasteiger partial charge in [0.05, 0.1) is 18.3 Å². The van der Waals surface area contributed by atoms with Crippen LogP contribution >= 0.6 is 0 Å². The van der Waals surface area contributed by atoms with Gasteiger partial charge in [0.2, 0.25) is 5.91 Å². The summed E-state index contributed by atoms with van der Waals surface area (Å²) in [7, 11) is 0. The van der Waals surface area contributed by atoms with Crippen molar-refractivity contribution in [2.75, 3.05) is 6.61 Å². The van der Waals surface area contributed by atoms with Crippen LogP contribution in [-0.4, -0.2) is 22.1 Å². The van der Waals surface area contributed by atoms with Crippen molar-refractivity contribution in [1.29, 1.82) is 0 Å². The third kappa shape index (κ3) is 3.33. The minimum absolute atomic E-state index is 0.0330. The molecule has 132 valence electrons. The lowest BCUT2D eigenvalue weighted by Crippen LogP contribution is -2.38. The molecule has 2 heterocycles. The van der Waals surface area contributed by atoms with Crippen LogP contribution < -0.4 is 10.1 Å². The normalized spacial score (nSPS) is 17.0. The molecule has 0 fully saturated rings. The maximum atomic E-state index is 12.6. The molecule has 2 aromatic carbocycles. The van der Waals surface area contributed by atoms with E-state index in [0.29, 0.717) is 13.0 Å². The van der Waals surface area contributed by atoms with Crippen molar-refractivity contribution in [3.63, 3.8) is 0 Å². The first kappa shape index (κ1) is 16.4. The fraction of sp³-hybridized carbons (Fsp3) is 0.238. The molecule has 0 spiro atoms. The molecule has 0 aliphatic carbocycles. The van der Waals surface area contributed by atoms with E-state index >= 15 is 0 Å². The van der Waals surface area contributed by atoms with E-state index in [0.717, 1.165) is 22.6 Å². The van der Waals surface area contributed by atoms with E-state index in [-0.39, 0.29) is 17.9 Å². The molecule has 0 bridgehead atoms. The summed E-state index contributed by atoms with van der Waals surface area (Å²) in [6, 6.07) is 16.0. The number of para-hydroxylation sites is 1. The summed E-state index contributed by atoms with van der Waals surface area (Å²) in [5.74, 6) is 0.767. The Kier molecular flexibility index (Phi) is 4.44. The number of carbonyl (C=O) groups is 1. The van der Waals surface area contributed by atoms with E-state index in [9.17, 15) is 4.79 Å². The van der Waals surface area contributed by atoms with Crippen LogP contribution in [0.2, 0.25) is 0 Å². The Morgan fingerprint density at radius 2 is 2.04 bits per heavy atom. The summed E-state index contributed by atoms with van der Waals surface area (Å²) in [6.07, 6.45) is 6.14. The highest BCUT2D eigenvalue weighted by molar-refractivity contribution is 5.80. The van der Waals surface area contributed by atoms with Crippen molar-refractivity contribution in [2.24, 2.45) is 5.92 Å². The van der Waals surface area contributed by atoms with E-state index < -0.39 is 0 Å². The highest BCUT2D eigenvalue weighted by Crippen LogP contribution is 2.27. The Morgan fingerprint density at radius 3 is 2.81 bits per heavy atom. The van der Waals surface area contributed by atoms with E-state index in [4.69, 9.17) is 4.74 Å². The number of nitrogens with zero attached hydrogens (tertiary/aromatic N) is 2. The van der Waals surface area contributed by atoms with Crippen molar-refractivity contribution < 1.29 is 9.53 Å². The number of hydrogen-bond donors (Lipinski definition) is 1. The van der Waals surface area contributed by atoms with Gasteiger partial charge in [-0.1, -0.05) is 30.3 Å². The highest BCUT2D eigenvalue weighted by Gasteiger charge is 2.26. The second-order valence-electron chi connectivity index (χ2n) is 6.61. The molecule has 0 saturated carbocycles. The molecule has 5 heteroatoms. The molecule has 1 N–H and O–H groups in total. The van der Waals surface area contributed by atoms with Crippen LogP contribution in [0.1, 0.15) is 24.1 Å². The fourth-order valence-corrected chi connectivity index (χ4v) is 3.26. The van der Waals surface area contributed by atoms with Crippen LogP contribution in [0.25, 0.3) is 5.69 Å². The van der Waals surface area contributed by atoms with Gasteiger partial charge in [-0.3, -0.25) is 4.79 Å². The maximum Gasteiger partial charge on any atom is 0.227 e. The van der Waals surface area contributed by atoms with Gasteiger partial charge in [0.1, 0.15) is 12.4 Å². The summed E-state index contributed by atoms with van der Waals surface area (Å²) in [6.45, 7) is 2.43. The highest BCUT2D eigenvalue weighted by atomic mass is 16.5. The van der Waals surface area contributed by atoms with E-state index in [1.165, 1.54) is 0 Å². The molecule has 1 aliphatic heterocycles. The number of fused-ring (bicyclic) bond motifs is 1. The minimum Gasteiger partial charge on any atom is -0.492 e. The van der Waals surface area contributed by atoms with Crippen LogP contribution in [0.4, 0.5) is 0 Å². The second kappa shape index (κ2) is 7.04. The monoisotopic (exact) mass is 347 g/mol. The topological polar surface area (TPSA) is 56.1 Å². The van der Waals surface area contributed by atoms with Gasteiger partial charge in [-0.25, -0.2) is 4.98 Å². The predicted octanol–water partition coefficient (Wildman–Crippen LogP) is 3.30. The maximum absolute atomic E-state index is 12.6. The van der Waals surface area contributed by atoms with Crippen molar-refractivity contribution >= 4 is 5.91 Å². The van der Waals surface area contributed by atoms with Gasteiger partial charge in [-0.05, 0) is 42.7 Å². The minimum atomic E-state index is -0.155. The molecule has 3 aromatic rings. The fourth-order valence-electron chi connectivity index (χ4n) is 3.26. The summed E-state index contributed by atoms with van der Waals surface area (Å²) in [5, 5.41) is 3.11. The standard InChI is InChI=1S/C21H21N3O2/c1-15(16-6-8-19(9-7-16)24-11-10-22-14-24)23-21(25)18-12-17-4-2-3-5-20(17)26-13-18/h2-11,14-15,18H,12-13H2,1H3,(H,23,25)/t15-,18+/m0/s1. The van der Waals surface area contributed by atoms with Gasteiger partial charge >= 0.3 is 0 Å². The van der Waals surface area contributed by atoms with Crippen LogP contribution in [0.3, 0.4) is 0 Å². The molecular weight excluding hydrogens is 326 g/mol. The Bertz CT molecular complexity index is 888. The van der Waals surface area contributed by atoms with Gasteiger partial charge in [0, 0.05) is 18.1 Å². The summed E-state index contributed by atoms with van der Waals surface area (Å²) >= 11 is 0. The van der Waals surface area contributed by atoms with Crippen molar-refractivity contribution in [3.05, 3.63) is 78.4 Å². The molecule has 0 saturated heterocycles. The van der Waals surface area contributed by atoms with E-state index in [1.54, 1.807) is 12.5 Å². The Morgan fingerprint density at radius 1 is 1.23 bits per heavy atom. The lowest BCUT2D eigenvalue weighted by atomic mass is 9.95. The van der Waals surface area contributed by atoms with Crippen molar-refractivity contribution in [1.82, 2.24) is 14.9 Å². The molecule has 5 nitrogen and oxygen atoms in total. The molecule has 2 atom stereocenters. The average Bonchev–Trinajstić information content (AvgIpc) is 3.22. The molecular formula is C21H21N3O2. The molecule has 26 heavy (non-hydrogen) atoms. The van der Waals surface area contributed by atoms with Gasteiger partial charge in [0.25, 0.3) is 0 Å². The lowest BCUT2D eigenvalue weighted by Gasteiger charge is -2.26. The zero-order valence-electron chi connectivity index (χ0n) is 14.6. The third-order valence-electron chi connectivity index (χ3n) is 4.80. The largest absolute Gasteiger partial charge is 0.492 e. The third-order valence-corrected chi connectivity index (χ3v) is 4.80. The number of benzene rings is 2. The quantitative estimate of drug-likeness (QED) is 0.788. The second-order valence-corrected chi connectivity index (χ2v) is 6.61. The smallest absolute Gasteiger partial charge is 0.227 e. The predicted molar refractivity (Wildman–Crippen MR) is 99.3 cm³/mol. The molecule has 1 amide bonds. The number of amides is 1. The van der Waals surface area contributed by atoms with Crippen molar-refractivity contribution in [2.45, 2.75) is 19.4 Å². The first-order valence-corrected chi connectivity index (χ1v) is 8.80. The van der Waals surface area contributed by atoms with E-state index in [2.05, 4.69) is 10.3 Å². The Hall–Kier alpha value is -3.08. The van der Waals surface area contributed by atoms with Crippen LogP contribution in [0.15, 0.2) is 67.3 Å². The van der Waals surface area contributed by atoms with Gasteiger partial charge in [-0.15, -0.1) is 0 Å². The Balaban J connectivity index is 1.40. The van der Waals surface area contributed by atoms with Crippen molar-refractivity contribution in [3.8, 4) is 11.4 Å². The van der Waals surface area contributed by atoms with Gasteiger partial charge < -0.3 is 14.6 Å².